The molecule has 0 fully saturated rings. The zero-order valence-corrected chi connectivity index (χ0v) is 17.8. The quantitative estimate of drug-likeness (QED) is 0.407. The third-order valence-electron chi connectivity index (χ3n) is 4.94. The fraction of sp³-hybridized carbons (Fsp3) is 0.200. The molecule has 1 aromatic heterocycles. The molecular formula is C25H25NO4. The lowest BCUT2D eigenvalue weighted by Crippen LogP contribution is -2.02. The van der Waals surface area contributed by atoms with Gasteiger partial charge in [-0.15, -0.1) is 0 Å². The third kappa shape index (κ3) is 3.66. The van der Waals surface area contributed by atoms with Gasteiger partial charge in [0, 0.05) is 11.1 Å². The van der Waals surface area contributed by atoms with Gasteiger partial charge in [0.05, 0.1) is 7.11 Å². The van der Waals surface area contributed by atoms with E-state index in [0.29, 0.717) is 22.6 Å². The minimum absolute atomic E-state index is 0.0714. The number of phenolic OH excluding ortho intramolecular Hbond substituents is 1. The van der Waals surface area contributed by atoms with Crippen LogP contribution in [0.3, 0.4) is 0 Å². The highest BCUT2D eigenvalue weighted by Gasteiger charge is 2.21. The Balaban J connectivity index is 0.00000124. The molecule has 154 valence electrons. The molecule has 30 heavy (non-hydrogen) atoms. The van der Waals surface area contributed by atoms with Crippen molar-refractivity contribution < 1.29 is 19.1 Å². The van der Waals surface area contributed by atoms with Crippen LogP contribution in [0.1, 0.15) is 35.3 Å². The van der Waals surface area contributed by atoms with Crippen molar-refractivity contribution in [3.8, 4) is 28.3 Å². The van der Waals surface area contributed by atoms with E-state index in [2.05, 4.69) is 23.2 Å². The largest absolute Gasteiger partial charge is 0.507 e. The van der Waals surface area contributed by atoms with Crippen molar-refractivity contribution in [1.82, 2.24) is 4.98 Å². The second kappa shape index (κ2) is 8.82. The van der Waals surface area contributed by atoms with Crippen LogP contribution in [0.4, 0.5) is 0 Å². The summed E-state index contributed by atoms with van der Waals surface area (Å²) in [6.45, 7) is 7.71. The number of rotatable bonds is 3. The maximum Gasteiger partial charge on any atom is 0.341 e. The zero-order chi connectivity index (χ0) is 21.8. The summed E-state index contributed by atoms with van der Waals surface area (Å²) >= 11 is 0. The molecule has 0 aliphatic heterocycles. The molecule has 1 N–H and O–H groups in total. The molecule has 0 saturated heterocycles. The standard InChI is InChI=1S/C23H19NO4.C2H6/c1-13-16(15-8-5-4-6-9-15)10-7-11-17(13)22-24-19-12-18(23(26)27-3)20(25)14(2)21(19)28-22;1-2/h4-12,25H,1-3H3;1-2H3. The van der Waals surface area contributed by atoms with Crippen molar-refractivity contribution in [3.05, 3.63) is 71.3 Å². The van der Waals surface area contributed by atoms with Crippen molar-refractivity contribution in [1.29, 1.82) is 0 Å². The average Bonchev–Trinajstić information content (AvgIpc) is 3.22. The van der Waals surface area contributed by atoms with Gasteiger partial charge in [-0.1, -0.05) is 56.3 Å². The molecule has 0 aliphatic rings. The normalized spacial score (nSPS) is 10.4. The molecule has 5 nitrogen and oxygen atoms in total. The number of benzene rings is 3. The van der Waals surface area contributed by atoms with Crippen LogP contribution in [0, 0.1) is 13.8 Å². The third-order valence-corrected chi connectivity index (χ3v) is 4.94. The van der Waals surface area contributed by atoms with E-state index >= 15 is 0 Å². The molecule has 0 aliphatic carbocycles. The van der Waals surface area contributed by atoms with E-state index < -0.39 is 5.97 Å². The number of hydrogen-bond acceptors (Lipinski definition) is 5. The van der Waals surface area contributed by atoms with Crippen LogP contribution in [0.15, 0.2) is 59.0 Å². The van der Waals surface area contributed by atoms with Crippen LogP contribution in [0.25, 0.3) is 33.7 Å². The number of ether oxygens (including phenoxy) is 1. The van der Waals surface area contributed by atoms with Gasteiger partial charge in [-0.3, -0.25) is 0 Å². The molecule has 4 aromatic rings. The number of methoxy groups -OCH3 is 1. The minimum Gasteiger partial charge on any atom is -0.507 e. The van der Waals surface area contributed by atoms with Gasteiger partial charge in [0.1, 0.15) is 16.8 Å². The maximum absolute atomic E-state index is 11.9. The molecule has 0 atom stereocenters. The van der Waals surface area contributed by atoms with Crippen LogP contribution in [-0.4, -0.2) is 23.2 Å². The van der Waals surface area contributed by atoms with Crippen molar-refractivity contribution in [2.24, 2.45) is 0 Å². The van der Waals surface area contributed by atoms with Gasteiger partial charge in [-0.05, 0) is 42.7 Å². The van der Waals surface area contributed by atoms with Crippen molar-refractivity contribution in [2.45, 2.75) is 27.7 Å². The fourth-order valence-electron chi connectivity index (χ4n) is 3.39. The number of carbonyl (C=O) groups is 1. The highest BCUT2D eigenvalue weighted by atomic mass is 16.5. The molecule has 4 rings (SSSR count). The SMILES string of the molecule is CC.COC(=O)c1cc2nc(-c3cccc(-c4ccccc4)c3C)oc2c(C)c1O. The predicted octanol–water partition coefficient (Wildman–Crippen LogP) is 6.30. The Morgan fingerprint density at radius 1 is 0.967 bits per heavy atom. The zero-order valence-electron chi connectivity index (χ0n) is 17.8. The fourth-order valence-corrected chi connectivity index (χ4v) is 3.39. The van der Waals surface area contributed by atoms with E-state index in [1.54, 1.807) is 6.92 Å². The van der Waals surface area contributed by atoms with Crippen molar-refractivity contribution in [2.75, 3.05) is 7.11 Å². The lowest BCUT2D eigenvalue weighted by atomic mass is 9.96. The Labute approximate surface area is 176 Å². The van der Waals surface area contributed by atoms with Gasteiger partial charge in [-0.25, -0.2) is 9.78 Å². The Bertz CT molecular complexity index is 1190. The highest BCUT2D eigenvalue weighted by Crippen LogP contribution is 2.36. The summed E-state index contributed by atoms with van der Waals surface area (Å²) in [6.07, 6.45) is 0. The summed E-state index contributed by atoms with van der Waals surface area (Å²) in [5.41, 5.74) is 5.57. The van der Waals surface area contributed by atoms with E-state index in [4.69, 9.17) is 9.15 Å². The van der Waals surface area contributed by atoms with Crippen molar-refractivity contribution >= 4 is 17.1 Å². The first-order valence-corrected chi connectivity index (χ1v) is 9.88. The van der Waals surface area contributed by atoms with Crippen LogP contribution in [0.2, 0.25) is 0 Å². The molecule has 1 heterocycles. The van der Waals surface area contributed by atoms with Gasteiger partial charge in [-0.2, -0.15) is 0 Å². The molecule has 0 amide bonds. The maximum atomic E-state index is 11.9. The number of aromatic nitrogens is 1. The lowest BCUT2D eigenvalue weighted by Gasteiger charge is -2.09. The smallest absolute Gasteiger partial charge is 0.341 e. The number of aryl methyl sites for hydroxylation is 1. The predicted molar refractivity (Wildman–Crippen MR) is 119 cm³/mol. The van der Waals surface area contributed by atoms with Gasteiger partial charge in [0.15, 0.2) is 5.58 Å². The van der Waals surface area contributed by atoms with Crippen LogP contribution < -0.4 is 0 Å². The number of nitrogens with zero attached hydrogens (tertiary/aromatic N) is 1. The molecule has 0 saturated carbocycles. The summed E-state index contributed by atoms with van der Waals surface area (Å²) in [7, 11) is 1.27. The van der Waals surface area contributed by atoms with Gasteiger partial charge in [0.2, 0.25) is 5.89 Å². The van der Waals surface area contributed by atoms with E-state index in [-0.39, 0.29) is 11.3 Å². The summed E-state index contributed by atoms with van der Waals surface area (Å²) in [6, 6.07) is 17.6. The second-order valence-corrected chi connectivity index (χ2v) is 6.60. The summed E-state index contributed by atoms with van der Waals surface area (Å²) in [4.78, 5) is 16.5. The van der Waals surface area contributed by atoms with E-state index in [9.17, 15) is 9.90 Å². The Morgan fingerprint density at radius 2 is 1.63 bits per heavy atom. The molecule has 3 aromatic carbocycles. The Kier molecular flexibility index (Phi) is 6.21. The number of esters is 1. The second-order valence-electron chi connectivity index (χ2n) is 6.60. The number of aromatic hydroxyl groups is 1. The number of hydrogen-bond donors (Lipinski definition) is 1. The molecule has 0 unspecified atom stereocenters. The van der Waals surface area contributed by atoms with Gasteiger partial charge in [0.25, 0.3) is 0 Å². The molecule has 0 radical (unpaired) electrons. The molecule has 5 heteroatoms. The Hall–Kier alpha value is -3.60. The number of phenols is 1. The summed E-state index contributed by atoms with van der Waals surface area (Å²) in [5, 5.41) is 10.3. The van der Waals surface area contributed by atoms with Crippen molar-refractivity contribution in [3.63, 3.8) is 0 Å². The summed E-state index contributed by atoms with van der Waals surface area (Å²) in [5.74, 6) is -0.332. The average molecular weight is 403 g/mol. The van der Waals surface area contributed by atoms with E-state index in [1.165, 1.54) is 13.2 Å². The Morgan fingerprint density at radius 3 is 2.30 bits per heavy atom. The highest BCUT2D eigenvalue weighted by molar-refractivity contribution is 5.98. The first-order valence-electron chi connectivity index (χ1n) is 9.88. The van der Waals surface area contributed by atoms with Crippen LogP contribution >= 0.6 is 0 Å². The topological polar surface area (TPSA) is 72.6 Å². The molecule has 0 bridgehead atoms. The van der Waals surface area contributed by atoms with Gasteiger partial charge >= 0.3 is 5.97 Å². The molecule has 0 spiro atoms. The summed E-state index contributed by atoms with van der Waals surface area (Å²) < 4.78 is 10.7. The number of fused-ring (bicyclic) bond motifs is 1. The molecular weight excluding hydrogens is 378 g/mol. The van der Waals surface area contributed by atoms with E-state index in [0.717, 1.165) is 22.3 Å². The first kappa shape index (κ1) is 21.1. The van der Waals surface area contributed by atoms with Crippen LogP contribution in [0.5, 0.6) is 5.75 Å². The minimum atomic E-state index is -0.616. The first-order chi connectivity index (χ1) is 14.5. The van der Waals surface area contributed by atoms with Gasteiger partial charge < -0.3 is 14.3 Å². The van der Waals surface area contributed by atoms with E-state index in [1.807, 2.05) is 51.1 Å². The number of carbonyl (C=O) groups excluding carboxylic acids is 1. The monoisotopic (exact) mass is 403 g/mol. The number of oxazole rings is 1. The lowest BCUT2D eigenvalue weighted by molar-refractivity contribution is 0.0597. The van der Waals surface area contributed by atoms with Crippen LogP contribution in [-0.2, 0) is 4.74 Å².